The van der Waals surface area contributed by atoms with Crippen LogP contribution < -0.4 is 9.62 Å². The fourth-order valence-electron chi connectivity index (χ4n) is 3.15. The van der Waals surface area contributed by atoms with E-state index in [0.717, 1.165) is 21.5 Å². The van der Waals surface area contributed by atoms with Gasteiger partial charge in [0.2, 0.25) is 11.8 Å². The van der Waals surface area contributed by atoms with E-state index in [-0.39, 0.29) is 12.2 Å². The lowest BCUT2D eigenvalue weighted by Crippen LogP contribution is -2.52. The molecule has 0 spiro atoms. The molecule has 2 aromatic rings. The first kappa shape index (κ1) is 25.3. The molecule has 0 aliphatic rings. The Balaban J connectivity index is 2.47. The summed E-state index contributed by atoms with van der Waals surface area (Å²) in [6.45, 7) is 2.87. The summed E-state index contributed by atoms with van der Waals surface area (Å²) in [6.07, 6.45) is 0. The number of carbonyl (C=O) groups excluding carboxylic acids is 2. The summed E-state index contributed by atoms with van der Waals surface area (Å²) in [4.78, 5) is 27.0. The van der Waals surface area contributed by atoms with Gasteiger partial charge in [0.05, 0.1) is 5.69 Å². The molecule has 0 heterocycles. The molecule has 0 aliphatic heterocycles. The highest BCUT2D eigenvalue weighted by Gasteiger charge is 2.33. The van der Waals surface area contributed by atoms with E-state index in [0.29, 0.717) is 4.31 Å². The second kappa shape index (κ2) is 10.6. The average Bonchev–Trinajstić information content (AvgIpc) is 2.75. The number of hydrogen-bond donors (Lipinski definition) is 1. The molecule has 0 bridgehead atoms. The minimum atomic E-state index is -4.20. The van der Waals surface area contributed by atoms with Crippen molar-refractivity contribution in [2.75, 3.05) is 32.0 Å². The molecule has 32 heavy (non-hydrogen) atoms. The van der Waals surface area contributed by atoms with Gasteiger partial charge in [-0.1, -0.05) is 42.0 Å². The quantitative estimate of drug-likeness (QED) is 0.614. The van der Waals surface area contributed by atoms with E-state index in [9.17, 15) is 22.4 Å². The fraction of sp³-hybridized carbons (Fsp3) is 0.364. The van der Waals surface area contributed by atoms with Gasteiger partial charge in [-0.05, 0) is 31.5 Å². The van der Waals surface area contributed by atoms with Gasteiger partial charge in [0, 0.05) is 27.7 Å². The van der Waals surface area contributed by atoms with Crippen molar-refractivity contribution >= 4 is 27.7 Å². The van der Waals surface area contributed by atoms with Crippen LogP contribution >= 0.6 is 0 Å². The molecule has 1 N–H and O–H groups in total. The Morgan fingerprint density at radius 2 is 1.75 bits per heavy atom. The molecule has 0 aromatic heterocycles. The molecule has 0 radical (unpaired) electrons. The molecule has 0 saturated heterocycles. The standard InChI is InChI=1S/C22H29FN4O4S/c1-16-9-8-10-18(13-16)14-26(17(2)22(29)24-3)21(28)15-27(32(30,31)25(4)5)20-12-7-6-11-19(20)23/h6-13,17H,14-15H2,1-5H3,(H,24,29). The van der Waals surface area contributed by atoms with E-state index in [1.165, 1.54) is 44.2 Å². The molecule has 0 aliphatic carbocycles. The van der Waals surface area contributed by atoms with Gasteiger partial charge in [0.25, 0.3) is 0 Å². The van der Waals surface area contributed by atoms with Crippen LogP contribution in [0.15, 0.2) is 48.5 Å². The van der Waals surface area contributed by atoms with E-state index < -0.39 is 40.4 Å². The Morgan fingerprint density at radius 3 is 2.31 bits per heavy atom. The lowest BCUT2D eigenvalue weighted by Gasteiger charge is -2.32. The predicted octanol–water partition coefficient (Wildman–Crippen LogP) is 1.91. The number of carbonyl (C=O) groups is 2. The molecular formula is C22H29FN4O4S. The molecule has 2 rings (SSSR count). The van der Waals surface area contributed by atoms with Gasteiger partial charge >= 0.3 is 10.2 Å². The molecule has 1 atom stereocenters. The second-order valence-corrected chi connectivity index (χ2v) is 9.62. The molecule has 2 aromatic carbocycles. The van der Waals surface area contributed by atoms with E-state index in [1.807, 2.05) is 31.2 Å². The maximum Gasteiger partial charge on any atom is 0.304 e. The first-order chi connectivity index (χ1) is 15.0. The topological polar surface area (TPSA) is 90.0 Å². The fourth-order valence-corrected chi connectivity index (χ4v) is 4.22. The molecule has 174 valence electrons. The molecule has 8 nitrogen and oxygen atoms in total. The summed E-state index contributed by atoms with van der Waals surface area (Å²) >= 11 is 0. The molecule has 0 saturated carbocycles. The normalized spacial score (nSPS) is 12.3. The van der Waals surface area contributed by atoms with E-state index >= 15 is 0 Å². The van der Waals surface area contributed by atoms with Crippen LogP contribution in [0.5, 0.6) is 0 Å². The van der Waals surface area contributed by atoms with Gasteiger partial charge in [-0.2, -0.15) is 12.7 Å². The number of para-hydroxylation sites is 1. The third-order valence-corrected chi connectivity index (χ3v) is 6.79. The Morgan fingerprint density at radius 1 is 1.09 bits per heavy atom. The summed E-state index contributed by atoms with van der Waals surface area (Å²) in [6, 6.07) is 11.9. The number of halogens is 1. The molecular weight excluding hydrogens is 435 g/mol. The molecule has 1 unspecified atom stereocenters. The zero-order chi connectivity index (χ0) is 24.1. The first-order valence-corrected chi connectivity index (χ1v) is 11.4. The number of hydrogen-bond acceptors (Lipinski definition) is 4. The van der Waals surface area contributed by atoms with Crippen molar-refractivity contribution in [2.45, 2.75) is 26.4 Å². The third-order valence-electron chi connectivity index (χ3n) is 4.99. The third kappa shape index (κ3) is 5.83. The van der Waals surface area contributed by atoms with Crippen molar-refractivity contribution in [3.8, 4) is 0 Å². The second-order valence-electron chi connectivity index (χ2n) is 7.55. The number of benzene rings is 2. The van der Waals surface area contributed by atoms with Crippen LogP contribution in [-0.4, -0.2) is 63.2 Å². The number of likely N-dealkylation sites (N-methyl/N-ethyl adjacent to an activating group) is 1. The van der Waals surface area contributed by atoms with Crippen LogP contribution in [0.3, 0.4) is 0 Å². The van der Waals surface area contributed by atoms with Gasteiger partial charge in [0.1, 0.15) is 18.4 Å². The number of anilines is 1. The number of aryl methyl sites for hydroxylation is 1. The van der Waals surface area contributed by atoms with Crippen molar-refractivity contribution in [1.29, 1.82) is 0 Å². The highest BCUT2D eigenvalue weighted by Crippen LogP contribution is 2.23. The van der Waals surface area contributed by atoms with Gasteiger partial charge in [0.15, 0.2) is 0 Å². The summed E-state index contributed by atoms with van der Waals surface area (Å²) in [7, 11) is -0.147. The Bertz CT molecular complexity index is 1080. The zero-order valence-electron chi connectivity index (χ0n) is 18.9. The summed E-state index contributed by atoms with van der Waals surface area (Å²) in [5.41, 5.74) is 1.50. The van der Waals surface area contributed by atoms with Crippen LogP contribution in [0.25, 0.3) is 0 Å². The highest BCUT2D eigenvalue weighted by atomic mass is 32.2. The van der Waals surface area contributed by atoms with Crippen LogP contribution in [0, 0.1) is 12.7 Å². The van der Waals surface area contributed by atoms with E-state index in [2.05, 4.69) is 5.32 Å². The maximum atomic E-state index is 14.5. The Kier molecular flexibility index (Phi) is 8.34. The number of nitrogens with zero attached hydrogens (tertiary/aromatic N) is 3. The van der Waals surface area contributed by atoms with Crippen molar-refractivity contribution in [1.82, 2.24) is 14.5 Å². The lowest BCUT2D eigenvalue weighted by molar-refractivity contribution is -0.139. The van der Waals surface area contributed by atoms with Crippen LogP contribution in [0.4, 0.5) is 10.1 Å². The van der Waals surface area contributed by atoms with E-state index in [4.69, 9.17) is 0 Å². The van der Waals surface area contributed by atoms with Crippen molar-refractivity contribution < 1.29 is 22.4 Å². The van der Waals surface area contributed by atoms with Gasteiger partial charge < -0.3 is 10.2 Å². The largest absolute Gasteiger partial charge is 0.357 e. The van der Waals surface area contributed by atoms with Crippen LogP contribution in [0.1, 0.15) is 18.1 Å². The SMILES string of the molecule is CNC(=O)C(C)N(Cc1cccc(C)c1)C(=O)CN(c1ccccc1F)S(=O)(=O)N(C)C. The lowest BCUT2D eigenvalue weighted by atomic mass is 10.1. The zero-order valence-corrected chi connectivity index (χ0v) is 19.7. The molecule has 2 amide bonds. The number of amides is 2. The van der Waals surface area contributed by atoms with E-state index in [1.54, 1.807) is 6.92 Å². The van der Waals surface area contributed by atoms with Crippen LogP contribution in [-0.2, 0) is 26.3 Å². The summed E-state index contributed by atoms with van der Waals surface area (Å²) in [5, 5.41) is 2.51. The highest BCUT2D eigenvalue weighted by molar-refractivity contribution is 7.90. The van der Waals surface area contributed by atoms with Gasteiger partial charge in [-0.15, -0.1) is 0 Å². The minimum absolute atomic E-state index is 0.0855. The van der Waals surface area contributed by atoms with Crippen molar-refractivity contribution in [3.05, 3.63) is 65.5 Å². The van der Waals surface area contributed by atoms with Crippen molar-refractivity contribution in [2.24, 2.45) is 0 Å². The molecule has 0 fully saturated rings. The van der Waals surface area contributed by atoms with Gasteiger partial charge in [-0.3, -0.25) is 9.59 Å². The molecule has 10 heteroatoms. The minimum Gasteiger partial charge on any atom is -0.357 e. The maximum absolute atomic E-state index is 14.5. The smallest absolute Gasteiger partial charge is 0.304 e. The summed E-state index contributed by atoms with van der Waals surface area (Å²) in [5.74, 6) is -1.83. The van der Waals surface area contributed by atoms with Crippen molar-refractivity contribution in [3.63, 3.8) is 0 Å². The first-order valence-electron chi connectivity index (χ1n) is 10.00. The van der Waals surface area contributed by atoms with Gasteiger partial charge in [-0.25, -0.2) is 8.70 Å². The Hall–Kier alpha value is -2.98. The Labute approximate surface area is 188 Å². The average molecular weight is 465 g/mol. The number of nitrogens with one attached hydrogen (secondary N) is 1. The number of rotatable bonds is 9. The summed E-state index contributed by atoms with van der Waals surface area (Å²) < 4.78 is 42.0. The van der Waals surface area contributed by atoms with Crippen LogP contribution in [0.2, 0.25) is 0 Å². The predicted molar refractivity (Wildman–Crippen MR) is 122 cm³/mol. The monoisotopic (exact) mass is 464 g/mol.